The van der Waals surface area contributed by atoms with Gasteiger partial charge in [-0.05, 0) is 23.6 Å². The van der Waals surface area contributed by atoms with Gasteiger partial charge in [0.2, 0.25) is 5.91 Å². The zero-order chi connectivity index (χ0) is 12.4. The van der Waals surface area contributed by atoms with Crippen molar-refractivity contribution >= 4 is 11.7 Å². The Morgan fingerprint density at radius 1 is 1.41 bits per heavy atom. The maximum atomic E-state index is 12.0. The van der Waals surface area contributed by atoms with Crippen molar-refractivity contribution in [3.05, 3.63) is 34.9 Å². The normalized spacial score (nSPS) is 15.4. The van der Waals surface area contributed by atoms with Gasteiger partial charge in [-0.2, -0.15) is 0 Å². The second-order valence-electron chi connectivity index (χ2n) is 4.46. The van der Waals surface area contributed by atoms with E-state index in [4.69, 9.17) is 0 Å². The van der Waals surface area contributed by atoms with E-state index in [-0.39, 0.29) is 11.7 Å². The third-order valence-electron chi connectivity index (χ3n) is 3.30. The molecule has 0 radical (unpaired) electrons. The molecule has 3 nitrogen and oxygen atoms in total. The van der Waals surface area contributed by atoms with Crippen molar-refractivity contribution in [2.75, 3.05) is 6.54 Å². The first-order valence-electron chi connectivity index (χ1n) is 6.02. The lowest BCUT2D eigenvalue weighted by Gasteiger charge is -2.18. The number of fused-ring (bicyclic) bond motifs is 1. The average molecular weight is 231 g/mol. The summed E-state index contributed by atoms with van der Waals surface area (Å²) < 4.78 is 0. The molecule has 1 heterocycles. The number of aryl methyl sites for hydroxylation is 1. The fourth-order valence-corrected chi connectivity index (χ4v) is 2.17. The molecule has 1 amide bonds. The minimum atomic E-state index is 0.0326. The molecule has 1 aliphatic heterocycles. The van der Waals surface area contributed by atoms with Crippen molar-refractivity contribution in [1.29, 1.82) is 0 Å². The molecular formula is C14H17NO2. The highest BCUT2D eigenvalue weighted by Crippen LogP contribution is 2.20. The van der Waals surface area contributed by atoms with Gasteiger partial charge in [-0.15, -0.1) is 0 Å². The first kappa shape index (κ1) is 11.8. The summed E-state index contributed by atoms with van der Waals surface area (Å²) in [5, 5.41) is 0. The molecule has 0 unspecified atom stereocenters. The van der Waals surface area contributed by atoms with Gasteiger partial charge in [-0.3, -0.25) is 9.59 Å². The number of ketones is 1. The van der Waals surface area contributed by atoms with E-state index in [1.54, 1.807) is 11.8 Å². The molecule has 2 rings (SSSR count). The number of nitrogens with zero attached hydrogens (tertiary/aromatic N) is 1. The Balaban J connectivity index is 2.39. The Hall–Kier alpha value is -1.64. The molecule has 17 heavy (non-hydrogen) atoms. The van der Waals surface area contributed by atoms with Crippen LogP contribution >= 0.6 is 0 Å². The summed E-state index contributed by atoms with van der Waals surface area (Å²) in [6, 6.07) is 5.99. The van der Waals surface area contributed by atoms with E-state index in [9.17, 15) is 9.59 Å². The predicted octanol–water partition coefficient (Wildman–Crippen LogP) is 2.18. The second-order valence-corrected chi connectivity index (χ2v) is 4.46. The van der Waals surface area contributed by atoms with Crippen LogP contribution in [0, 0.1) is 0 Å². The van der Waals surface area contributed by atoms with Crippen LogP contribution in [0.4, 0.5) is 0 Å². The van der Waals surface area contributed by atoms with E-state index in [1.165, 1.54) is 5.56 Å². The van der Waals surface area contributed by atoms with Gasteiger partial charge >= 0.3 is 0 Å². The Bertz CT molecular complexity index is 465. The van der Waals surface area contributed by atoms with Crippen molar-refractivity contribution in [3.8, 4) is 0 Å². The van der Waals surface area contributed by atoms with Gasteiger partial charge in [0.05, 0.1) is 0 Å². The lowest BCUT2D eigenvalue weighted by atomic mass is 9.99. The number of hydrogen-bond donors (Lipinski definition) is 0. The molecule has 0 N–H and O–H groups in total. The molecule has 0 aliphatic carbocycles. The van der Waals surface area contributed by atoms with Crippen LogP contribution in [0.2, 0.25) is 0 Å². The molecule has 0 aromatic heterocycles. The number of hydrogen-bond acceptors (Lipinski definition) is 2. The number of carbonyl (C=O) groups is 2. The van der Waals surface area contributed by atoms with Crippen molar-refractivity contribution in [3.63, 3.8) is 0 Å². The Labute approximate surface area is 101 Å². The zero-order valence-electron chi connectivity index (χ0n) is 10.3. The highest BCUT2D eigenvalue weighted by atomic mass is 16.2. The van der Waals surface area contributed by atoms with Crippen LogP contribution in [0.5, 0.6) is 0 Å². The fourth-order valence-electron chi connectivity index (χ4n) is 2.17. The molecule has 0 saturated heterocycles. The predicted molar refractivity (Wildman–Crippen MR) is 65.9 cm³/mol. The molecule has 3 heteroatoms. The van der Waals surface area contributed by atoms with Crippen LogP contribution < -0.4 is 0 Å². The maximum absolute atomic E-state index is 12.0. The monoisotopic (exact) mass is 231 g/mol. The maximum Gasteiger partial charge on any atom is 0.219 e. The molecule has 0 saturated carbocycles. The third kappa shape index (κ3) is 2.38. The molecule has 0 fully saturated rings. The Morgan fingerprint density at radius 2 is 2.18 bits per heavy atom. The topological polar surface area (TPSA) is 37.4 Å². The van der Waals surface area contributed by atoms with E-state index >= 15 is 0 Å². The van der Waals surface area contributed by atoms with Crippen molar-refractivity contribution in [2.45, 2.75) is 33.2 Å². The van der Waals surface area contributed by atoms with E-state index in [2.05, 4.69) is 6.92 Å². The first-order chi connectivity index (χ1) is 8.11. The molecule has 1 aliphatic rings. The Morgan fingerprint density at radius 3 is 2.82 bits per heavy atom. The number of Topliss-reactive ketones (excluding diaryl/α,β-unsaturated/α-hetero) is 1. The van der Waals surface area contributed by atoms with Crippen molar-refractivity contribution < 1.29 is 9.59 Å². The van der Waals surface area contributed by atoms with Crippen LogP contribution in [0.3, 0.4) is 0 Å². The van der Waals surface area contributed by atoms with Crippen LogP contribution in [0.1, 0.15) is 41.8 Å². The summed E-state index contributed by atoms with van der Waals surface area (Å²) in [6.45, 7) is 4.71. The lowest BCUT2D eigenvalue weighted by molar-refractivity contribution is -0.129. The first-order valence-corrected chi connectivity index (χ1v) is 6.02. The largest absolute Gasteiger partial charge is 0.338 e. The number of rotatable bonds is 1. The van der Waals surface area contributed by atoms with Crippen LogP contribution in [0.15, 0.2) is 18.2 Å². The van der Waals surface area contributed by atoms with Crippen LogP contribution in [-0.2, 0) is 17.8 Å². The number of amides is 1. The third-order valence-corrected chi connectivity index (χ3v) is 3.30. The molecule has 1 aromatic carbocycles. The molecule has 0 atom stereocenters. The molecule has 90 valence electrons. The lowest BCUT2D eigenvalue weighted by Crippen LogP contribution is -2.28. The van der Waals surface area contributed by atoms with E-state index in [0.29, 0.717) is 19.5 Å². The zero-order valence-corrected chi connectivity index (χ0v) is 10.3. The molecule has 0 bridgehead atoms. The van der Waals surface area contributed by atoms with Gasteiger partial charge < -0.3 is 4.90 Å². The van der Waals surface area contributed by atoms with Gasteiger partial charge in [0.25, 0.3) is 0 Å². The quantitative estimate of drug-likeness (QED) is 0.743. The van der Waals surface area contributed by atoms with Gasteiger partial charge in [0, 0.05) is 32.0 Å². The standard InChI is InChI=1S/C14H17NO2/c1-3-11-4-5-12-9-15(10(2)16)7-6-14(17)13(12)8-11/h4-5,8H,3,6-7,9H2,1-2H3. The minimum Gasteiger partial charge on any atom is -0.338 e. The highest BCUT2D eigenvalue weighted by Gasteiger charge is 2.21. The van der Waals surface area contributed by atoms with Crippen molar-refractivity contribution in [1.82, 2.24) is 4.90 Å². The summed E-state index contributed by atoms with van der Waals surface area (Å²) in [4.78, 5) is 25.1. The van der Waals surface area contributed by atoms with Crippen LogP contribution in [0.25, 0.3) is 0 Å². The summed E-state index contributed by atoms with van der Waals surface area (Å²) in [5.41, 5.74) is 2.95. The van der Waals surface area contributed by atoms with Gasteiger partial charge in [-0.25, -0.2) is 0 Å². The highest BCUT2D eigenvalue weighted by molar-refractivity contribution is 5.98. The van der Waals surface area contributed by atoms with Crippen LogP contribution in [-0.4, -0.2) is 23.1 Å². The van der Waals surface area contributed by atoms with Gasteiger partial charge in [-0.1, -0.05) is 19.1 Å². The molecule has 0 spiro atoms. The number of carbonyl (C=O) groups excluding carboxylic acids is 2. The summed E-state index contributed by atoms with van der Waals surface area (Å²) >= 11 is 0. The summed E-state index contributed by atoms with van der Waals surface area (Å²) in [5.74, 6) is 0.185. The van der Waals surface area contributed by atoms with Crippen molar-refractivity contribution in [2.24, 2.45) is 0 Å². The Kier molecular flexibility index (Phi) is 3.27. The fraction of sp³-hybridized carbons (Fsp3) is 0.429. The van der Waals surface area contributed by atoms with E-state index in [0.717, 1.165) is 17.5 Å². The van der Waals surface area contributed by atoms with Gasteiger partial charge in [0.1, 0.15) is 0 Å². The van der Waals surface area contributed by atoms with E-state index in [1.807, 2.05) is 18.2 Å². The number of benzene rings is 1. The molecule has 1 aromatic rings. The average Bonchev–Trinajstić information content (AvgIpc) is 2.49. The smallest absolute Gasteiger partial charge is 0.219 e. The van der Waals surface area contributed by atoms with E-state index < -0.39 is 0 Å². The minimum absolute atomic E-state index is 0.0326. The summed E-state index contributed by atoms with van der Waals surface area (Å²) in [6.07, 6.45) is 1.36. The van der Waals surface area contributed by atoms with Gasteiger partial charge in [0.15, 0.2) is 5.78 Å². The SMILES string of the molecule is CCc1ccc2c(c1)C(=O)CCN(C(C)=O)C2. The summed E-state index contributed by atoms with van der Waals surface area (Å²) in [7, 11) is 0. The second kappa shape index (κ2) is 4.70. The molecular weight excluding hydrogens is 214 g/mol.